The summed E-state index contributed by atoms with van der Waals surface area (Å²) < 4.78 is 6.86. The van der Waals surface area contributed by atoms with E-state index in [4.69, 9.17) is 4.74 Å². The highest BCUT2D eigenvalue weighted by atomic mass is 79.9. The number of aliphatic hydroxyl groups is 1. The second kappa shape index (κ2) is 4.87. The van der Waals surface area contributed by atoms with Crippen LogP contribution in [-0.2, 0) is 0 Å². The van der Waals surface area contributed by atoms with Crippen molar-refractivity contribution in [3.63, 3.8) is 0 Å². The highest BCUT2D eigenvalue weighted by Gasteiger charge is 2.28. The van der Waals surface area contributed by atoms with Gasteiger partial charge >= 0.3 is 0 Å². The third-order valence-electron chi connectivity index (χ3n) is 3.31. The zero-order valence-electron chi connectivity index (χ0n) is 10.1. The summed E-state index contributed by atoms with van der Waals surface area (Å²) in [6, 6.07) is 12.5. The van der Waals surface area contributed by atoms with Crippen LogP contribution in [0.25, 0.3) is 0 Å². The molecule has 3 nitrogen and oxygen atoms in total. The molecule has 3 rings (SSSR count). The van der Waals surface area contributed by atoms with Crippen molar-refractivity contribution in [2.75, 3.05) is 0 Å². The van der Waals surface area contributed by atoms with Crippen molar-refractivity contribution < 1.29 is 14.9 Å². The van der Waals surface area contributed by atoms with Crippen molar-refractivity contribution in [1.82, 2.24) is 0 Å². The molecule has 2 aromatic carbocycles. The molecule has 0 bridgehead atoms. The van der Waals surface area contributed by atoms with Crippen LogP contribution in [0.2, 0.25) is 0 Å². The lowest BCUT2D eigenvalue weighted by Gasteiger charge is -2.30. The first kappa shape index (κ1) is 12.5. The second-order valence-corrected chi connectivity index (χ2v) is 5.55. The number of rotatable bonds is 1. The average molecular weight is 321 g/mol. The predicted molar refractivity (Wildman–Crippen MR) is 75.2 cm³/mol. The summed E-state index contributed by atoms with van der Waals surface area (Å²) in [5.41, 5.74) is 1.76. The van der Waals surface area contributed by atoms with Crippen LogP contribution in [-0.4, -0.2) is 10.2 Å². The molecule has 0 aromatic heterocycles. The highest BCUT2D eigenvalue weighted by molar-refractivity contribution is 9.10. The fourth-order valence-electron chi connectivity index (χ4n) is 2.31. The summed E-state index contributed by atoms with van der Waals surface area (Å²) in [6.45, 7) is 0. The number of ether oxygens (including phenoxy) is 1. The van der Waals surface area contributed by atoms with E-state index in [1.807, 2.05) is 30.3 Å². The Morgan fingerprint density at radius 1 is 1.11 bits per heavy atom. The maximum Gasteiger partial charge on any atom is 0.127 e. The maximum absolute atomic E-state index is 10.2. The number of halogens is 1. The van der Waals surface area contributed by atoms with Gasteiger partial charge in [0.2, 0.25) is 0 Å². The molecule has 0 aliphatic carbocycles. The van der Waals surface area contributed by atoms with Gasteiger partial charge in [0.05, 0.1) is 6.10 Å². The summed E-state index contributed by atoms with van der Waals surface area (Å²) in [6.07, 6.45) is -0.215. The molecule has 19 heavy (non-hydrogen) atoms. The first-order chi connectivity index (χ1) is 9.13. The van der Waals surface area contributed by atoms with Gasteiger partial charge in [-0.25, -0.2) is 0 Å². The van der Waals surface area contributed by atoms with Gasteiger partial charge in [0.15, 0.2) is 0 Å². The van der Waals surface area contributed by atoms with Gasteiger partial charge in [0, 0.05) is 16.5 Å². The summed E-state index contributed by atoms with van der Waals surface area (Å²) >= 11 is 3.40. The Hall–Kier alpha value is -1.52. The maximum atomic E-state index is 10.2. The van der Waals surface area contributed by atoms with Gasteiger partial charge in [-0.15, -0.1) is 0 Å². The van der Waals surface area contributed by atoms with E-state index in [-0.39, 0.29) is 11.9 Å². The Kier molecular flexibility index (Phi) is 3.21. The van der Waals surface area contributed by atoms with Crippen molar-refractivity contribution in [3.8, 4) is 11.5 Å². The number of hydrogen-bond donors (Lipinski definition) is 2. The lowest BCUT2D eigenvalue weighted by atomic mass is 9.95. The fourth-order valence-corrected chi connectivity index (χ4v) is 2.65. The minimum Gasteiger partial charge on any atom is -0.508 e. The third kappa shape index (κ3) is 2.46. The van der Waals surface area contributed by atoms with E-state index >= 15 is 0 Å². The Balaban J connectivity index is 1.93. The molecule has 0 saturated heterocycles. The Labute approximate surface area is 119 Å². The van der Waals surface area contributed by atoms with E-state index in [1.54, 1.807) is 12.1 Å². The van der Waals surface area contributed by atoms with E-state index in [1.165, 1.54) is 0 Å². The standard InChI is InChI=1S/C15H13BrO3/c16-10-3-6-12-13(18)8-14(19-15(12)7-10)9-1-4-11(17)5-2-9/h1-7,13-14,17-18H,8H2/t13-,14?/m1/s1. The van der Waals surface area contributed by atoms with E-state index in [9.17, 15) is 10.2 Å². The van der Waals surface area contributed by atoms with Crippen LogP contribution in [0.1, 0.15) is 29.8 Å². The first-order valence-electron chi connectivity index (χ1n) is 6.06. The molecule has 2 atom stereocenters. The second-order valence-electron chi connectivity index (χ2n) is 4.63. The van der Waals surface area contributed by atoms with Crippen LogP contribution < -0.4 is 4.74 Å². The molecule has 0 amide bonds. The van der Waals surface area contributed by atoms with E-state index < -0.39 is 6.10 Å². The van der Waals surface area contributed by atoms with Crippen molar-refractivity contribution in [1.29, 1.82) is 0 Å². The van der Waals surface area contributed by atoms with Gasteiger partial charge in [-0.05, 0) is 29.8 Å². The monoisotopic (exact) mass is 320 g/mol. The summed E-state index contributed by atoms with van der Waals surface area (Å²) in [5, 5.41) is 19.5. The largest absolute Gasteiger partial charge is 0.508 e. The Morgan fingerprint density at radius 2 is 1.84 bits per heavy atom. The summed E-state index contributed by atoms with van der Waals surface area (Å²) in [7, 11) is 0. The number of aliphatic hydroxyl groups excluding tert-OH is 1. The average Bonchev–Trinajstić information content (AvgIpc) is 2.38. The van der Waals surface area contributed by atoms with Crippen LogP contribution in [0, 0.1) is 0 Å². The van der Waals surface area contributed by atoms with E-state index in [0.717, 1.165) is 15.6 Å². The Bertz CT molecular complexity index is 595. The molecular weight excluding hydrogens is 308 g/mol. The SMILES string of the molecule is Oc1ccc(C2C[C@@H](O)c3ccc(Br)cc3O2)cc1. The third-order valence-corrected chi connectivity index (χ3v) is 3.80. The van der Waals surface area contributed by atoms with Crippen molar-refractivity contribution >= 4 is 15.9 Å². The zero-order chi connectivity index (χ0) is 13.4. The molecule has 0 fully saturated rings. The molecule has 1 aliphatic heterocycles. The van der Waals surface area contributed by atoms with Crippen LogP contribution in [0.5, 0.6) is 11.5 Å². The highest BCUT2D eigenvalue weighted by Crippen LogP contribution is 2.41. The molecule has 1 unspecified atom stereocenters. The minimum atomic E-state index is -0.532. The molecule has 98 valence electrons. The smallest absolute Gasteiger partial charge is 0.127 e. The van der Waals surface area contributed by atoms with Crippen LogP contribution in [0.15, 0.2) is 46.9 Å². The van der Waals surface area contributed by atoms with Crippen molar-refractivity contribution in [2.45, 2.75) is 18.6 Å². The van der Waals surface area contributed by atoms with Gasteiger partial charge in [0.1, 0.15) is 17.6 Å². The summed E-state index contributed by atoms with van der Waals surface area (Å²) in [4.78, 5) is 0. The van der Waals surface area contributed by atoms with Crippen molar-refractivity contribution in [2.24, 2.45) is 0 Å². The van der Waals surface area contributed by atoms with E-state index in [2.05, 4.69) is 15.9 Å². The van der Waals surface area contributed by atoms with Crippen molar-refractivity contribution in [3.05, 3.63) is 58.1 Å². The van der Waals surface area contributed by atoms with Gasteiger partial charge in [-0.1, -0.05) is 34.1 Å². The quantitative estimate of drug-likeness (QED) is 0.842. The number of phenolic OH excluding ortho intramolecular Hbond substituents is 1. The van der Waals surface area contributed by atoms with E-state index in [0.29, 0.717) is 12.2 Å². The normalized spacial score (nSPS) is 21.6. The van der Waals surface area contributed by atoms with Crippen LogP contribution in [0.3, 0.4) is 0 Å². The summed E-state index contributed by atoms with van der Waals surface area (Å²) in [5.74, 6) is 0.925. The number of fused-ring (bicyclic) bond motifs is 1. The zero-order valence-corrected chi connectivity index (χ0v) is 11.7. The molecule has 0 radical (unpaired) electrons. The molecule has 1 heterocycles. The first-order valence-corrected chi connectivity index (χ1v) is 6.86. The van der Waals surface area contributed by atoms with Gasteiger partial charge in [-0.3, -0.25) is 0 Å². The fraction of sp³-hybridized carbons (Fsp3) is 0.200. The molecule has 0 saturated carbocycles. The van der Waals surface area contributed by atoms with Gasteiger partial charge < -0.3 is 14.9 Å². The van der Waals surface area contributed by atoms with Gasteiger partial charge in [-0.2, -0.15) is 0 Å². The lowest BCUT2D eigenvalue weighted by molar-refractivity contribution is 0.0656. The molecule has 2 aromatic rings. The lowest BCUT2D eigenvalue weighted by Crippen LogP contribution is -2.18. The molecule has 4 heteroatoms. The predicted octanol–water partition coefficient (Wildman–Crippen LogP) is 3.71. The number of benzene rings is 2. The van der Waals surface area contributed by atoms with Crippen LogP contribution >= 0.6 is 15.9 Å². The van der Waals surface area contributed by atoms with Crippen LogP contribution in [0.4, 0.5) is 0 Å². The Morgan fingerprint density at radius 3 is 2.58 bits per heavy atom. The number of aromatic hydroxyl groups is 1. The number of hydrogen-bond acceptors (Lipinski definition) is 3. The number of phenols is 1. The molecule has 1 aliphatic rings. The molecular formula is C15H13BrO3. The molecule has 2 N–H and O–H groups in total. The minimum absolute atomic E-state index is 0.197. The topological polar surface area (TPSA) is 49.7 Å². The van der Waals surface area contributed by atoms with Gasteiger partial charge in [0.25, 0.3) is 0 Å². The molecule has 0 spiro atoms.